The minimum atomic E-state index is 0.127. The van der Waals surface area contributed by atoms with Crippen LogP contribution < -0.4 is 5.73 Å². The number of aromatic nitrogens is 1. The van der Waals surface area contributed by atoms with Crippen LogP contribution in [0.2, 0.25) is 0 Å². The standard InChI is InChI=1S/C19H26N2/c1-12-8-13(2)10-15(9-12)19(20)17-11-14(3)21-18-7-5-4-6-16(17)18/h4-7,11-13,15,19H,8-10,20H2,1-3H3. The van der Waals surface area contributed by atoms with Crippen LogP contribution in [0.1, 0.15) is 50.4 Å². The van der Waals surface area contributed by atoms with E-state index in [4.69, 9.17) is 5.73 Å². The molecule has 3 rings (SSSR count). The molecule has 0 saturated heterocycles. The van der Waals surface area contributed by atoms with Crippen LogP contribution in [0.5, 0.6) is 0 Å². The van der Waals surface area contributed by atoms with Crippen molar-refractivity contribution in [2.45, 2.75) is 46.1 Å². The Balaban J connectivity index is 1.99. The number of rotatable bonds is 2. The van der Waals surface area contributed by atoms with Crippen molar-refractivity contribution >= 4 is 10.9 Å². The average molecular weight is 282 g/mol. The molecule has 0 spiro atoms. The van der Waals surface area contributed by atoms with E-state index in [-0.39, 0.29) is 6.04 Å². The second-order valence-electron chi connectivity index (χ2n) is 7.07. The van der Waals surface area contributed by atoms with Crippen LogP contribution in [0.15, 0.2) is 30.3 Å². The molecule has 2 nitrogen and oxygen atoms in total. The minimum Gasteiger partial charge on any atom is -0.324 e. The zero-order valence-corrected chi connectivity index (χ0v) is 13.3. The summed E-state index contributed by atoms with van der Waals surface area (Å²) in [7, 11) is 0. The van der Waals surface area contributed by atoms with Gasteiger partial charge in [0.25, 0.3) is 0 Å². The fraction of sp³-hybridized carbons (Fsp3) is 0.526. The summed E-state index contributed by atoms with van der Waals surface area (Å²) < 4.78 is 0. The number of nitrogens with two attached hydrogens (primary N) is 1. The number of hydrogen-bond acceptors (Lipinski definition) is 2. The number of hydrogen-bond donors (Lipinski definition) is 1. The first-order valence-electron chi connectivity index (χ1n) is 8.16. The normalized spacial score (nSPS) is 27.7. The third-order valence-corrected chi connectivity index (χ3v) is 4.96. The lowest BCUT2D eigenvalue weighted by Gasteiger charge is -2.35. The van der Waals surface area contributed by atoms with Crippen LogP contribution in [0.25, 0.3) is 10.9 Å². The molecule has 1 aliphatic rings. The van der Waals surface area contributed by atoms with Gasteiger partial charge in [-0.25, -0.2) is 0 Å². The lowest BCUT2D eigenvalue weighted by Crippen LogP contribution is -2.29. The van der Waals surface area contributed by atoms with Crippen LogP contribution in [0.4, 0.5) is 0 Å². The third-order valence-electron chi connectivity index (χ3n) is 4.96. The van der Waals surface area contributed by atoms with Crippen LogP contribution in [-0.4, -0.2) is 4.98 Å². The molecule has 3 atom stereocenters. The highest BCUT2D eigenvalue weighted by molar-refractivity contribution is 5.82. The lowest BCUT2D eigenvalue weighted by atomic mass is 9.72. The maximum absolute atomic E-state index is 6.70. The van der Waals surface area contributed by atoms with Gasteiger partial charge in [-0.1, -0.05) is 32.0 Å². The fourth-order valence-corrected chi connectivity index (χ4v) is 4.17. The van der Waals surface area contributed by atoms with Gasteiger partial charge in [-0.05, 0) is 61.6 Å². The number of fused-ring (bicyclic) bond motifs is 1. The van der Waals surface area contributed by atoms with Crippen molar-refractivity contribution in [3.05, 3.63) is 41.6 Å². The van der Waals surface area contributed by atoms with Crippen molar-refractivity contribution in [1.29, 1.82) is 0 Å². The summed E-state index contributed by atoms with van der Waals surface area (Å²) in [5, 5.41) is 1.22. The molecule has 3 unspecified atom stereocenters. The SMILES string of the molecule is Cc1cc(C(N)C2CC(C)CC(C)C2)c2ccccc2n1. The molecule has 2 heteroatoms. The fourth-order valence-electron chi connectivity index (χ4n) is 4.17. The molecule has 0 bridgehead atoms. The van der Waals surface area contributed by atoms with Gasteiger partial charge in [0.2, 0.25) is 0 Å². The Morgan fingerprint density at radius 3 is 2.48 bits per heavy atom. The molecule has 21 heavy (non-hydrogen) atoms. The van der Waals surface area contributed by atoms with Crippen molar-refractivity contribution < 1.29 is 0 Å². The van der Waals surface area contributed by atoms with E-state index < -0.39 is 0 Å². The Bertz CT molecular complexity index is 624. The van der Waals surface area contributed by atoms with Crippen molar-refractivity contribution in [3.63, 3.8) is 0 Å². The quantitative estimate of drug-likeness (QED) is 0.873. The molecular weight excluding hydrogens is 256 g/mol. The van der Waals surface area contributed by atoms with Gasteiger partial charge in [0.05, 0.1) is 5.52 Å². The highest BCUT2D eigenvalue weighted by atomic mass is 14.7. The first kappa shape index (κ1) is 14.5. The predicted molar refractivity (Wildman–Crippen MR) is 89.1 cm³/mol. The molecule has 0 radical (unpaired) electrons. The maximum Gasteiger partial charge on any atom is 0.0708 e. The topological polar surface area (TPSA) is 38.9 Å². The number of nitrogens with zero attached hydrogens (tertiary/aromatic N) is 1. The molecule has 1 aromatic carbocycles. The maximum atomic E-state index is 6.70. The van der Waals surface area contributed by atoms with Gasteiger partial charge >= 0.3 is 0 Å². The van der Waals surface area contributed by atoms with Crippen LogP contribution in [-0.2, 0) is 0 Å². The molecule has 2 N–H and O–H groups in total. The van der Waals surface area contributed by atoms with E-state index in [0.717, 1.165) is 23.0 Å². The molecule has 1 aromatic heterocycles. The summed E-state index contributed by atoms with van der Waals surface area (Å²) in [4.78, 5) is 4.64. The van der Waals surface area contributed by atoms with E-state index in [1.54, 1.807) is 0 Å². The molecule has 112 valence electrons. The van der Waals surface area contributed by atoms with E-state index in [1.165, 1.54) is 30.2 Å². The van der Waals surface area contributed by atoms with Gasteiger partial charge < -0.3 is 5.73 Å². The Hall–Kier alpha value is -1.41. The highest BCUT2D eigenvalue weighted by Crippen LogP contribution is 2.40. The Labute approximate surface area is 127 Å². The summed E-state index contributed by atoms with van der Waals surface area (Å²) in [5.41, 5.74) is 10.1. The Kier molecular flexibility index (Phi) is 3.99. The number of benzene rings is 1. The Morgan fingerprint density at radius 1 is 1.10 bits per heavy atom. The van der Waals surface area contributed by atoms with Crippen LogP contribution >= 0.6 is 0 Å². The molecule has 0 amide bonds. The molecule has 1 saturated carbocycles. The van der Waals surface area contributed by atoms with Crippen molar-refractivity contribution in [2.24, 2.45) is 23.5 Å². The highest BCUT2D eigenvalue weighted by Gasteiger charge is 2.29. The smallest absolute Gasteiger partial charge is 0.0708 e. The van der Waals surface area contributed by atoms with Gasteiger partial charge in [-0.3, -0.25) is 4.98 Å². The molecule has 1 fully saturated rings. The van der Waals surface area contributed by atoms with Gasteiger partial charge in [0, 0.05) is 17.1 Å². The zero-order chi connectivity index (χ0) is 15.0. The number of aryl methyl sites for hydroxylation is 1. The monoisotopic (exact) mass is 282 g/mol. The molecule has 0 aliphatic heterocycles. The van der Waals surface area contributed by atoms with Gasteiger partial charge in [-0.2, -0.15) is 0 Å². The summed E-state index contributed by atoms with van der Waals surface area (Å²) in [6.07, 6.45) is 3.85. The lowest BCUT2D eigenvalue weighted by molar-refractivity contribution is 0.194. The van der Waals surface area contributed by atoms with E-state index >= 15 is 0 Å². The van der Waals surface area contributed by atoms with Gasteiger partial charge in [-0.15, -0.1) is 0 Å². The molecule has 1 heterocycles. The van der Waals surface area contributed by atoms with Crippen molar-refractivity contribution in [2.75, 3.05) is 0 Å². The van der Waals surface area contributed by atoms with Crippen molar-refractivity contribution in [1.82, 2.24) is 4.98 Å². The van der Waals surface area contributed by atoms with Crippen molar-refractivity contribution in [3.8, 4) is 0 Å². The van der Waals surface area contributed by atoms with Crippen LogP contribution in [0.3, 0.4) is 0 Å². The second kappa shape index (κ2) is 5.76. The van der Waals surface area contributed by atoms with E-state index in [9.17, 15) is 0 Å². The second-order valence-corrected chi connectivity index (χ2v) is 7.07. The number of pyridine rings is 1. The summed E-state index contributed by atoms with van der Waals surface area (Å²) in [6, 6.07) is 10.7. The first-order valence-corrected chi connectivity index (χ1v) is 8.16. The Morgan fingerprint density at radius 2 is 1.76 bits per heavy atom. The van der Waals surface area contributed by atoms with Gasteiger partial charge in [0.15, 0.2) is 0 Å². The van der Waals surface area contributed by atoms with Crippen LogP contribution in [0, 0.1) is 24.7 Å². The summed E-state index contributed by atoms with van der Waals surface area (Å²) in [5.74, 6) is 2.17. The average Bonchev–Trinajstić information content (AvgIpc) is 2.44. The molecule has 2 aromatic rings. The summed E-state index contributed by atoms with van der Waals surface area (Å²) in [6.45, 7) is 6.80. The van der Waals surface area contributed by atoms with Gasteiger partial charge in [0.1, 0.15) is 0 Å². The largest absolute Gasteiger partial charge is 0.324 e. The van der Waals surface area contributed by atoms with E-state index in [1.807, 2.05) is 0 Å². The molecule has 1 aliphatic carbocycles. The predicted octanol–water partition coefficient (Wildman–Crippen LogP) is 4.62. The minimum absolute atomic E-state index is 0.127. The first-order chi connectivity index (χ1) is 10.0. The molecular formula is C19H26N2. The summed E-state index contributed by atoms with van der Waals surface area (Å²) >= 11 is 0. The number of para-hydroxylation sites is 1. The third kappa shape index (κ3) is 2.96. The van der Waals surface area contributed by atoms with E-state index in [2.05, 4.69) is 56.1 Å². The van der Waals surface area contributed by atoms with E-state index in [0.29, 0.717) is 5.92 Å². The zero-order valence-electron chi connectivity index (χ0n) is 13.3.